The molecule has 0 spiro atoms. The van der Waals surface area contributed by atoms with Gasteiger partial charge in [0.2, 0.25) is 0 Å². The van der Waals surface area contributed by atoms with Crippen LogP contribution in [0.5, 0.6) is 5.75 Å². The molecule has 0 fully saturated rings. The molecule has 0 aliphatic rings. The van der Waals surface area contributed by atoms with Crippen LogP contribution in [0.4, 0.5) is 0 Å². The third-order valence-corrected chi connectivity index (χ3v) is 3.15. The van der Waals surface area contributed by atoms with E-state index in [9.17, 15) is 5.11 Å². The Bertz CT molecular complexity index is 383. The van der Waals surface area contributed by atoms with Crippen LogP contribution in [-0.2, 0) is 18.3 Å². The van der Waals surface area contributed by atoms with Gasteiger partial charge in [0.25, 0.3) is 0 Å². The summed E-state index contributed by atoms with van der Waals surface area (Å²) >= 11 is 0. The first-order chi connectivity index (χ1) is 7.32. The molecular formula is C15H23O. The van der Waals surface area contributed by atoms with Gasteiger partial charge in [0.1, 0.15) is 5.75 Å². The zero-order valence-corrected chi connectivity index (χ0v) is 11.1. The van der Waals surface area contributed by atoms with Crippen molar-refractivity contribution >= 4 is 0 Å². The molecule has 0 aromatic heterocycles. The van der Waals surface area contributed by atoms with Gasteiger partial charge in [-0.15, -0.1) is 0 Å². The molecular weight excluding hydrogens is 196 g/mol. The summed E-state index contributed by atoms with van der Waals surface area (Å²) in [4.78, 5) is 0. The second-order valence-electron chi connectivity index (χ2n) is 5.35. The van der Waals surface area contributed by atoms with Gasteiger partial charge in [-0.3, -0.25) is 0 Å². The van der Waals surface area contributed by atoms with Gasteiger partial charge in [0, 0.05) is 0 Å². The van der Waals surface area contributed by atoms with Crippen molar-refractivity contribution in [2.45, 2.75) is 52.9 Å². The lowest BCUT2D eigenvalue weighted by Gasteiger charge is -2.24. The third kappa shape index (κ3) is 2.23. The molecule has 1 radical (unpaired) electrons. The lowest BCUT2D eigenvalue weighted by molar-refractivity contribution is 0.440. The Kier molecular flexibility index (Phi) is 3.67. The third-order valence-electron chi connectivity index (χ3n) is 3.15. The Morgan fingerprint density at radius 2 is 1.75 bits per heavy atom. The van der Waals surface area contributed by atoms with Gasteiger partial charge in [-0.1, -0.05) is 40.7 Å². The maximum Gasteiger partial charge on any atom is 0.122 e. The summed E-state index contributed by atoms with van der Waals surface area (Å²) in [5, 5.41) is 10.3. The monoisotopic (exact) mass is 219 g/mol. The summed E-state index contributed by atoms with van der Waals surface area (Å²) in [5.41, 5.74) is 4.28. The number of benzene rings is 1. The molecule has 0 saturated heterocycles. The number of phenolic OH excluding ortho intramolecular Hbond substituents is 1. The van der Waals surface area contributed by atoms with Crippen molar-refractivity contribution in [2.24, 2.45) is 0 Å². The van der Waals surface area contributed by atoms with Crippen molar-refractivity contribution in [3.05, 3.63) is 35.2 Å². The van der Waals surface area contributed by atoms with Crippen molar-refractivity contribution in [1.82, 2.24) is 0 Å². The maximum absolute atomic E-state index is 10.3. The quantitative estimate of drug-likeness (QED) is 0.797. The molecule has 0 atom stereocenters. The molecule has 1 nitrogen and oxygen atoms in total. The predicted octanol–water partition coefficient (Wildman–Crippen LogP) is 4.00. The number of aryl methyl sites for hydroxylation is 1. The molecule has 1 aromatic carbocycles. The minimum atomic E-state index is -0.0222. The summed E-state index contributed by atoms with van der Waals surface area (Å²) in [5.74, 6) is 0.442. The molecule has 0 amide bonds. The highest BCUT2D eigenvalue weighted by atomic mass is 16.3. The molecule has 0 bridgehead atoms. The summed E-state index contributed by atoms with van der Waals surface area (Å²) in [6.07, 6.45) is 1.80. The van der Waals surface area contributed by atoms with Crippen LogP contribution in [0.2, 0.25) is 0 Å². The van der Waals surface area contributed by atoms with Gasteiger partial charge in [-0.25, -0.2) is 0 Å². The Hall–Kier alpha value is -0.980. The van der Waals surface area contributed by atoms with E-state index >= 15 is 0 Å². The molecule has 89 valence electrons. The van der Waals surface area contributed by atoms with E-state index in [0.29, 0.717) is 5.75 Å². The van der Waals surface area contributed by atoms with Gasteiger partial charge in [-0.2, -0.15) is 0 Å². The fourth-order valence-electron chi connectivity index (χ4n) is 2.10. The predicted molar refractivity (Wildman–Crippen MR) is 70.0 cm³/mol. The van der Waals surface area contributed by atoms with Crippen molar-refractivity contribution in [3.8, 4) is 5.75 Å². The summed E-state index contributed by atoms with van der Waals surface area (Å²) in [7, 11) is 0. The Balaban J connectivity index is 3.53. The van der Waals surface area contributed by atoms with E-state index in [-0.39, 0.29) is 5.41 Å². The molecule has 0 aliphatic carbocycles. The summed E-state index contributed by atoms with van der Waals surface area (Å²) in [6.45, 7) is 14.7. The van der Waals surface area contributed by atoms with Crippen LogP contribution < -0.4 is 0 Å². The van der Waals surface area contributed by atoms with Gasteiger partial charge in [0.15, 0.2) is 0 Å². The van der Waals surface area contributed by atoms with E-state index in [1.165, 1.54) is 5.56 Å². The van der Waals surface area contributed by atoms with Crippen molar-refractivity contribution in [1.29, 1.82) is 0 Å². The molecule has 0 saturated carbocycles. The topological polar surface area (TPSA) is 20.2 Å². The van der Waals surface area contributed by atoms with Crippen LogP contribution in [0.25, 0.3) is 0 Å². The molecule has 16 heavy (non-hydrogen) atoms. The largest absolute Gasteiger partial charge is 0.507 e. The van der Waals surface area contributed by atoms with Crippen LogP contribution in [0, 0.1) is 6.92 Å². The Labute approximate surface area is 99.5 Å². The van der Waals surface area contributed by atoms with E-state index in [0.717, 1.165) is 29.5 Å². The highest BCUT2D eigenvalue weighted by Crippen LogP contribution is 2.37. The van der Waals surface area contributed by atoms with Crippen LogP contribution >= 0.6 is 0 Å². The SMILES string of the molecule is [CH2]c1c(CC)cc(C(C)(C)C)c(O)c1CC. The maximum atomic E-state index is 10.3. The van der Waals surface area contributed by atoms with E-state index < -0.39 is 0 Å². The van der Waals surface area contributed by atoms with Gasteiger partial charge >= 0.3 is 0 Å². The van der Waals surface area contributed by atoms with Gasteiger partial charge in [-0.05, 0) is 47.4 Å². The van der Waals surface area contributed by atoms with Gasteiger partial charge < -0.3 is 5.11 Å². The molecule has 1 rings (SSSR count). The first kappa shape index (κ1) is 13.1. The van der Waals surface area contributed by atoms with E-state index in [2.05, 4.69) is 47.6 Å². The molecule has 1 heteroatoms. The average Bonchev–Trinajstić information content (AvgIpc) is 2.17. The fourth-order valence-corrected chi connectivity index (χ4v) is 2.10. The van der Waals surface area contributed by atoms with Gasteiger partial charge in [0.05, 0.1) is 0 Å². The van der Waals surface area contributed by atoms with E-state index in [1.54, 1.807) is 0 Å². The lowest BCUT2D eigenvalue weighted by atomic mass is 9.81. The first-order valence-corrected chi connectivity index (χ1v) is 6.03. The number of aromatic hydroxyl groups is 1. The van der Waals surface area contributed by atoms with Crippen molar-refractivity contribution < 1.29 is 5.11 Å². The summed E-state index contributed by atoms with van der Waals surface area (Å²) < 4.78 is 0. The highest BCUT2D eigenvalue weighted by Gasteiger charge is 2.22. The molecule has 0 unspecified atom stereocenters. The normalized spacial score (nSPS) is 11.9. The second-order valence-corrected chi connectivity index (χ2v) is 5.35. The molecule has 0 heterocycles. The average molecular weight is 219 g/mol. The number of hydrogen-bond donors (Lipinski definition) is 1. The fraction of sp³-hybridized carbons (Fsp3) is 0.533. The van der Waals surface area contributed by atoms with Crippen LogP contribution in [0.3, 0.4) is 0 Å². The Morgan fingerprint density at radius 1 is 1.19 bits per heavy atom. The minimum absolute atomic E-state index is 0.0222. The first-order valence-electron chi connectivity index (χ1n) is 6.03. The smallest absolute Gasteiger partial charge is 0.122 e. The number of phenols is 1. The van der Waals surface area contributed by atoms with Crippen molar-refractivity contribution in [2.75, 3.05) is 0 Å². The van der Waals surface area contributed by atoms with E-state index in [4.69, 9.17) is 0 Å². The molecule has 1 aromatic rings. The minimum Gasteiger partial charge on any atom is -0.507 e. The van der Waals surface area contributed by atoms with Crippen LogP contribution in [-0.4, -0.2) is 5.11 Å². The standard InChI is InChI=1S/C15H23O/c1-7-11-9-13(15(4,5)6)14(16)12(8-2)10(11)3/h9,16H,3,7-8H2,1-2,4-6H3. The molecule has 0 aliphatic heterocycles. The number of rotatable bonds is 2. The van der Waals surface area contributed by atoms with Crippen LogP contribution in [0.15, 0.2) is 6.07 Å². The highest BCUT2D eigenvalue weighted by molar-refractivity contribution is 5.53. The zero-order chi connectivity index (χ0) is 12.5. The van der Waals surface area contributed by atoms with Crippen molar-refractivity contribution in [3.63, 3.8) is 0 Å². The molecule has 1 N–H and O–H groups in total. The second kappa shape index (κ2) is 4.48. The lowest BCUT2D eigenvalue weighted by Crippen LogP contribution is -2.13. The number of hydrogen-bond acceptors (Lipinski definition) is 1. The van der Waals surface area contributed by atoms with E-state index in [1.807, 2.05) is 0 Å². The Morgan fingerprint density at radius 3 is 2.12 bits per heavy atom. The zero-order valence-electron chi connectivity index (χ0n) is 11.1. The van der Waals surface area contributed by atoms with Crippen LogP contribution in [0.1, 0.15) is 56.9 Å². The summed E-state index contributed by atoms with van der Waals surface area (Å²) in [6, 6.07) is 2.11.